The zero-order chi connectivity index (χ0) is 15.8. The first kappa shape index (κ1) is 14.3. The maximum absolute atomic E-state index is 12.8. The third-order valence-electron chi connectivity index (χ3n) is 4.83. The number of benzene rings is 2. The first-order chi connectivity index (χ1) is 11.2. The second kappa shape index (κ2) is 5.70. The number of aliphatic hydroxyl groups is 1. The molecule has 2 atom stereocenters. The van der Waals surface area contributed by atoms with Gasteiger partial charge in [-0.1, -0.05) is 30.3 Å². The van der Waals surface area contributed by atoms with Crippen molar-refractivity contribution >= 4 is 11.6 Å². The monoisotopic (exact) mass is 308 g/mol. The van der Waals surface area contributed by atoms with E-state index in [0.717, 1.165) is 41.8 Å². The Hall–Kier alpha value is -2.33. The summed E-state index contributed by atoms with van der Waals surface area (Å²) in [6, 6.07) is 13.4. The first-order valence-corrected chi connectivity index (χ1v) is 8.16. The van der Waals surface area contributed by atoms with Gasteiger partial charge < -0.3 is 15.7 Å². The van der Waals surface area contributed by atoms with Gasteiger partial charge >= 0.3 is 0 Å². The molecule has 118 valence electrons. The van der Waals surface area contributed by atoms with Crippen molar-refractivity contribution in [3.05, 3.63) is 64.7 Å². The molecule has 0 radical (unpaired) electrons. The summed E-state index contributed by atoms with van der Waals surface area (Å²) < 4.78 is 0. The highest BCUT2D eigenvalue weighted by Gasteiger charge is 2.32. The maximum Gasteiger partial charge on any atom is 0.252 e. The van der Waals surface area contributed by atoms with E-state index in [0.29, 0.717) is 12.0 Å². The van der Waals surface area contributed by atoms with Crippen LogP contribution in [0.2, 0.25) is 0 Å². The molecule has 0 aromatic heterocycles. The number of carbonyl (C=O) groups excluding carboxylic acids is 1. The highest BCUT2D eigenvalue weighted by molar-refractivity contribution is 5.97. The van der Waals surface area contributed by atoms with Gasteiger partial charge in [-0.15, -0.1) is 0 Å². The number of nitrogens with one attached hydrogen (secondary N) is 2. The summed E-state index contributed by atoms with van der Waals surface area (Å²) in [5.41, 5.74) is 4.98. The molecule has 1 aliphatic carbocycles. The van der Waals surface area contributed by atoms with Crippen LogP contribution in [0.25, 0.3) is 0 Å². The van der Waals surface area contributed by atoms with E-state index in [4.69, 9.17) is 0 Å². The Labute approximate surface area is 135 Å². The molecule has 4 nitrogen and oxygen atoms in total. The number of aliphatic hydroxyl groups excluding tert-OH is 1. The molecule has 2 aromatic rings. The van der Waals surface area contributed by atoms with Crippen LogP contribution in [0.15, 0.2) is 42.5 Å². The third-order valence-corrected chi connectivity index (χ3v) is 4.83. The lowest BCUT2D eigenvalue weighted by Crippen LogP contribution is -2.34. The summed E-state index contributed by atoms with van der Waals surface area (Å²) >= 11 is 0. The lowest BCUT2D eigenvalue weighted by atomic mass is 9.96. The Bertz CT molecular complexity index is 757. The Kier molecular flexibility index (Phi) is 3.54. The summed E-state index contributed by atoms with van der Waals surface area (Å²) in [5, 5.41) is 16.7. The van der Waals surface area contributed by atoms with Crippen LogP contribution in [-0.4, -0.2) is 23.7 Å². The van der Waals surface area contributed by atoms with Crippen molar-refractivity contribution in [1.82, 2.24) is 5.32 Å². The number of hydrogen-bond acceptors (Lipinski definition) is 3. The van der Waals surface area contributed by atoms with E-state index in [1.165, 1.54) is 0 Å². The average molecular weight is 308 g/mol. The molecular weight excluding hydrogens is 288 g/mol. The van der Waals surface area contributed by atoms with Crippen LogP contribution in [0.5, 0.6) is 0 Å². The van der Waals surface area contributed by atoms with Crippen LogP contribution in [0.1, 0.15) is 39.5 Å². The predicted octanol–water partition coefficient (Wildman–Crippen LogP) is 2.43. The summed E-state index contributed by atoms with van der Waals surface area (Å²) in [6.45, 7) is 0.951. The van der Waals surface area contributed by atoms with Gasteiger partial charge in [0.2, 0.25) is 0 Å². The topological polar surface area (TPSA) is 61.4 Å². The zero-order valence-corrected chi connectivity index (χ0v) is 12.9. The third kappa shape index (κ3) is 2.49. The van der Waals surface area contributed by atoms with Crippen molar-refractivity contribution in [2.45, 2.75) is 31.4 Å². The number of amides is 1. The van der Waals surface area contributed by atoms with Crippen molar-refractivity contribution < 1.29 is 9.90 Å². The van der Waals surface area contributed by atoms with E-state index in [1.54, 1.807) is 0 Å². The molecule has 1 amide bonds. The Morgan fingerprint density at radius 1 is 1.17 bits per heavy atom. The van der Waals surface area contributed by atoms with Crippen LogP contribution >= 0.6 is 0 Å². The minimum Gasteiger partial charge on any atom is -0.390 e. The van der Waals surface area contributed by atoms with E-state index in [9.17, 15) is 9.90 Å². The normalized spacial score (nSPS) is 22.0. The molecule has 1 aliphatic heterocycles. The predicted molar refractivity (Wildman–Crippen MR) is 89.6 cm³/mol. The molecule has 0 fully saturated rings. The van der Waals surface area contributed by atoms with Crippen molar-refractivity contribution in [1.29, 1.82) is 0 Å². The quantitative estimate of drug-likeness (QED) is 0.798. The molecule has 0 unspecified atom stereocenters. The van der Waals surface area contributed by atoms with Crippen LogP contribution in [0.3, 0.4) is 0 Å². The lowest BCUT2D eigenvalue weighted by Gasteiger charge is -2.23. The molecule has 4 rings (SSSR count). The first-order valence-electron chi connectivity index (χ1n) is 8.16. The second-order valence-electron chi connectivity index (χ2n) is 6.28. The van der Waals surface area contributed by atoms with E-state index in [2.05, 4.69) is 10.6 Å². The molecule has 0 spiro atoms. The van der Waals surface area contributed by atoms with Crippen LogP contribution in [0, 0.1) is 0 Å². The number of carbonyl (C=O) groups is 1. The molecule has 4 heteroatoms. The van der Waals surface area contributed by atoms with E-state index in [1.807, 2.05) is 42.5 Å². The number of rotatable bonds is 2. The Morgan fingerprint density at radius 3 is 2.96 bits per heavy atom. The Morgan fingerprint density at radius 2 is 2.04 bits per heavy atom. The summed E-state index contributed by atoms with van der Waals surface area (Å²) in [7, 11) is 0. The summed E-state index contributed by atoms with van der Waals surface area (Å²) in [6.07, 6.45) is 1.98. The average Bonchev–Trinajstić information content (AvgIpc) is 2.90. The number of hydrogen-bond donors (Lipinski definition) is 3. The van der Waals surface area contributed by atoms with E-state index < -0.39 is 6.10 Å². The van der Waals surface area contributed by atoms with Crippen LogP contribution in [-0.2, 0) is 12.8 Å². The molecule has 3 N–H and O–H groups in total. The molecular formula is C19H20N2O2. The van der Waals surface area contributed by atoms with Crippen molar-refractivity contribution in [3.63, 3.8) is 0 Å². The molecule has 0 bridgehead atoms. The van der Waals surface area contributed by atoms with Crippen molar-refractivity contribution in [3.8, 4) is 0 Å². The fraction of sp³-hybridized carbons (Fsp3) is 0.316. The van der Waals surface area contributed by atoms with Gasteiger partial charge in [0.1, 0.15) is 0 Å². The Balaban J connectivity index is 1.62. The molecule has 1 heterocycles. The fourth-order valence-corrected chi connectivity index (χ4v) is 3.69. The molecule has 23 heavy (non-hydrogen) atoms. The van der Waals surface area contributed by atoms with Gasteiger partial charge in [-0.25, -0.2) is 0 Å². The standard InChI is InChI=1S/C19H20N2O2/c22-17-11-12-5-1-2-6-13(12)18(17)21-19(23)15-7-3-9-16-14(15)8-4-10-20-16/h1-3,5-7,9,17-18,20,22H,4,8,10-11H2,(H,21,23)/t17-,18+/m0/s1. The lowest BCUT2D eigenvalue weighted by molar-refractivity contribution is 0.0857. The van der Waals surface area contributed by atoms with Gasteiger partial charge in [0, 0.05) is 24.2 Å². The molecule has 0 saturated heterocycles. The highest BCUT2D eigenvalue weighted by Crippen LogP contribution is 2.32. The zero-order valence-electron chi connectivity index (χ0n) is 12.9. The molecule has 2 aliphatic rings. The fourth-order valence-electron chi connectivity index (χ4n) is 3.69. The van der Waals surface area contributed by atoms with Gasteiger partial charge in [0.15, 0.2) is 0 Å². The molecule has 2 aromatic carbocycles. The van der Waals surface area contributed by atoms with Gasteiger partial charge in [-0.3, -0.25) is 4.79 Å². The second-order valence-corrected chi connectivity index (χ2v) is 6.28. The van der Waals surface area contributed by atoms with E-state index in [-0.39, 0.29) is 11.9 Å². The highest BCUT2D eigenvalue weighted by atomic mass is 16.3. The van der Waals surface area contributed by atoms with Gasteiger partial charge in [0.05, 0.1) is 12.1 Å². The smallest absolute Gasteiger partial charge is 0.252 e. The molecule has 0 saturated carbocycles. The van der Waals surface area contributed by atoms with Crippen molar-refractivity contribution in [2.75, 3.05) is 11.9 Å². The number of fused-ring (bicyclic) bond motifs is 2. The minimum absolute atomic E-state index is 0.105. The van der Waals surface area contributed by atoms with Gasteiger partial charge in [-0.2, -0.15) is 0 Å². The van der Waals surface area contributed by atoms with Gasteiger partial charge in [0.25, 0.3) is 5.91 Å². The SMILES string of the molecule is O=C(N[C@@H]1c2ccccc2C[C@@H]1O)c1cccc2c1CCCN2. The van der Waals surface area contributed by atoms with Crippen LogP contribution < -0.4 is 10.6 Å². The summed E-state index contributed by atoms with van der Waals surface area (Å²) in [4.78, 5) is 12.8. The maximum atomic E-state index is 12.8. The van der Waals surface area contributed by atoms with Crippen molar-refractivity contribution in [2.24, 2.45) is 0 Å². The van der Waals surface area contributed by atoms with E-state index >= 15 is 0 Å². The van der Waals surface area contributed by atoms with Gasteiger partial charge in [-0.05, 0) is 41.7 Å². The number of anilines is 1. The minimum atomic E-state index is -0.561. The van der Waals surface area contributed by atoms with Crippen LogP contribution in [0.4, 0.5) is 5.69 Å². The largest absolute Gasteiger partial charge is 0.390 e. The summed E-state index contributed by atoms with van der Waals surface area (Å²) in [5.74, 6) is -0.105.